The van der Waals surface area contributed by atoms with Crippen LogP contribution in [-0.4, -0.2) is 33.5 Å². The number of nitrogens with zero attached hydrogens (tertiary/aromatic N) is 2. The molecule has 0 aliphatic carbocycles. The van der Waals surface area contributed by atoms with E-state index in [1.165, 1.54) is 4.90 Å². The number of hydrogen-bond acceptors (Lipinski definition) is 6. The lowest BCUT2D eigenvalue weighted by molar-refractivity contribution is -0.126. The summed E-state index contributed by atoms with van der Waals surface area (Å²) in [6.45, 7) is 4.71. The predicted molar refractivity (Wildman–Crippen MR) is 138 cm³/mol. The van der Waals surface area contributed by atoms with Crippen molar-refractivity contribution >= 4 is 46.5 Å². The number of nitrogen functional groups attached to an aromatic ring is 1. The van der Waals surface area contributed by atoms with Gasteiger partial charge in [0.15, 0.2) is 5.69 Å². The third kappa shape index (κ3) is 6.58. The number of halogens is 1. The maximum absolute atomic E-state index is 13.8. The summed E-state index contributed by atoms with van der Waals surface area (Å²) in [7, 11) is 0. The van der Waals surface area contributed by atoms with E-state index in [-0.39, 0.29) is 28.7 Å². The maximum Gasteiger partial charge on any atom is 0.270 e. The van der Waals surface area contributed by atoms with E-state index in [0.717, 1.165) is 23.5 Å². The van der Waals surface area contributed by atoms with E-state index >= 15 is 0 Å². The van der Waals surface area contributed by atoms with Gasteiger partial charge in [-0.05, 0) is 47.1 Å². The zero-order chi connectivity index (χ0) is 25.5. The third-order valence-electron chi connectivity index (χ3n) is 5.38. The number of benzene rings is 2. The number of carbonyl (C=O) groups is 3. The van der Waals surface area contributed by atoms with Crippen LogP contribution in [0.5, 0.6) is 0 Å². The van der Waals surface area contributed by atoms with Crippen molar-refractivity contribution < 1.29 is 14.4 Å². The molecule has 0 radical (unpaired) electrons. The van der Waals surface area contributed by atoms with Gasteiger partial charge in [0.2, 0.25) is 5.91 Å². The quantitative estimate of drug-likeness (QED) is 0.376. The zero-order valence-corrected chi connectivity index (χ0v) is 21.1. The average Bonchev–Trinajstić information content (AvgIpc) is 3.21. The second kappa shape index (κ2) is 11.8. The van der Waals surface area contributed by atoms with Gasteiger partial charge in [-0.3, -0.25) is 14.4 Å². The number of nitrogens with one attached hydrogen (secondary N) is 1. The van der Waals surface area contributed by atoms with E-state index in [1.807, 2.05) is 30.3 Å². The highest BCUT2D eigenvalue weighted by molar-refractivity contribution is 7.09. The number of amides is 3. The van der Waals surface area contributed by atoms with Crippen LogP contribution in [0.15, 0.2) is 54.6 Å². The highest BCUT2D eigenvalue weighted by Crippen LogP contribution is 2.31. The summed E-state index contributed by atoms with van der Waals surface area (Å²) >= 11 is 6.87. The average molecular weight is 514 g/mol. The van der Waals surface area contributed by atoms with Crippen LogP contribution >= 0.6 is 23.1 Å². The highest BCUT2D eigenvalue weighted by Gasteiger charge is 2.34. The summed E-state index contributed by atoms with van der Waals surface area (Å²) in [5.41, 5.74) is 12.5. The molecule has 3 amide bonds. The number of nitrogens with two attached hydrogens (primary N) is 2. The Morgan fingerprint density at radius 1 is 1.09 bits per heavy atom. The minimum Gasteiger partial charge on any atom is -0.395 e. The number of anilines is 1. The van der Waals surface area contributed by atoms with Gasteiger partial charge in [0.05, 0.1) is 5.69 Å². The molecule has 0 unspecified atom stereocenters. The first-order valence-electron chi connectivity index (χ1n) is 11.1. The molecular weight excluding hydrogens is 486 g/mol. The first-order valence-corrected chi connectivity index (χ1v) is 12.3. The minimum absolute atomic E-state index is 0.0451. The second-order valence-corrected chi connectivity index (χ2v) is 9.69. The van der Waals surface area contributed by atoms with Crippen molar-refractivity contribution in [2.24, 2.45) is 11.7 Å². The van der Waals surface area contributed by atoms with Crippen LogP contribution in [0.25, 0.3) is 0 Å². The predicted octanol–water partition coefficient (Wildman–Crippen LogP) is 4.02. The zero-order valence-electron chi connectivity index (χ0n) is 19.5. The summed E-state index contributed by atoms with van der Waals surface area (Å²) in [6, 6.07) is 15.1. The molecule has 0 saturated carbocycles. The van der Waals surface area contributed by atoms with Crippen LogP contribution in [0, 0.1) is 5.92 Å². The fourth-order valence-corrected chi connectivity index (χ4v) is 4.41. The number of aromatic nitrogens is 1. The summed E-state index contributed by atoms with van der Waals surface area (Å²) < 4.78 is 3.96. The third-order valence-corrected chi connectivity index (χ3v) is 6.48. The van der Waals surface area contributed by atoms with Crippen molar-refractivity contribution in [3.8, 4) is 0 Å². The fraction of sp³-hybridized carbons (Fsp3) is 0.280. The first-order chi connectivity index (χ1) is 16.7. The molecule has 8 nitrogen and oxygen atoms in total. The monoisotopic (exact) mass is 513 g/mol. The van der Waals surface area contributed by atoms with Gasteiger partial charge >= 0.3 is 0 Å². The topological polar surface area (TPSA) is 131 Å². The SMILES string of the molecule is CC(C)CCNC(=O)[C@H](c1ccc(Cl)cc1)N(Cc1ccccc1)C(=O)c1snc(C(N)=O)c1N. The smallest absolute Gasteiger partial charge is 0.270 e. The maximum atomic E-state index is 13.8. The van der Waals surface area contributed by atoms with Crippen molar-refractivity contribution in [1.29, 1.82) is 0 Å². The van der Waals surface area contributed by atoms with Crippen LogP contribution in [0.4, 0.5) is 5.69 Å². The molecule has 1 aromatic heterocycles. The van der Waals surface area contributed by atoms with Crippen LogP contribution in [0.1, 0.15) is 57.6 Å². The molecule has 0 aliphatic heterocycles. The molecule has 3 aromatic rings. The van der Waals surface area contributed by atoms with E-state index in [9.17, 15) is 14.4 Å². The van der Waals surface area contributed by atoms with Crippen molar-refractivity contribution in [2.45, 2.75) is 32.9 Å². The Balaban J connectivity index is 2.07. The molecule has 35 heavy (non-hydrogen) atoms. The number of rotatable bonds is 10. The highest BCUT2D eigenvalue weighted by atomic mass is 35.5. The standard InChI is InChI=1S/C25H28ClN5O3S/c1-15(2)12-13-29-24(33)21(17-8-10-18(26)11-9-17)31(14-16-6-4-3-5-7-16)25(34)22-19(27)20(23(28)32)30-35-22/h3-11,15,21H,12-14,27H2,1-2H3,(H2,28,32)(H,29,33)/t21-/m0/s1. The van der Waals surface area contributed by atoms with Gasteiger partial charge in [0.25, 0.3) is 11.8 Å². The molecule has 3 rings (SSSR count). The van der Waals surface area contributed by atoms with Crippen LogP contribution in [0.2, 0.25) is 5.02 Å². The Bertz CT molecular complexity index is 1180. The molecule has 0 aliphatic rings. The Morgan fingerprint density at radius 3 is 2.31 bits per heavy atom. The van der Waals surface area contributed by atoms with Gasteiger partial charge < -0.3 is 21.7 Å². The van der Waals surface area contributed by atoms with Crippen molar-refractivity contribution in [3.63, 3.8) is 0 Å². The van der Waals surface area contributed by atoms with Gasteiger partial charge in [-0.15, -0.1) is 0 Å². The largest absolute Gasteiger partial charge is 0.395 e. The molecular formula is C25H28ClN5O3S. The van der Waals surface area contributed by atoms with Crippen LogP contribution in [0.3, 0.4) is 0 Å². The van der Waals surface area contributed by atoms with E-state index in [1.54, 1.807) is 24.3 Å². The van der Waals surface area contributed by atoms with E-state index in [4.69, 9.17) is 23.1 Å². The lowest BCUT2D eigenvalue weighted by atomic mass is 10.0. The summed E-state index contributed by atoms with van der Waals surface area (Å²) in [5, 5.41) is 3.46. The van der Waals surface area contributed by atoms with Crippen molar-refractivity contribution in [1.82, 2.24) is 14.6 Å². The normalized spacial score (nSPS) is 11.8. The lowest BCUT2D eigenvalue weighted by Gasteiger charge is -2.31. The second-order valence-electron chi connectivity index (χ2n) is 8.48. The molecule has 0 bridgehead atoms. The molecule has 5 N–H and O–H groups in total. The minimum atomic E-state index is -0.981. The van der Waals surface area contributed by atoms with Gasteiger partial charge in [0.1, 0.15) is 10.9 Å². The summed E-state index contributed by atoms with van der Waals surface area (Å²) in [5.74, 6) is -1.30. The summed E-state index contributed by atoms with van der Waals surface area (Å²) in [4.78, 5) is 40.5. The number of primary amides is 1. The summed E-state index contributed by atoms with van der Waals surface area (Å²) in [6.07, 6.45) is 0.787. The van der Waals surface area contributed by atoms with Gasteiger partial charge in [-0.1, -0.05) is 67.9 Å². The van der Waals surface area contributed by atoms with E-state index in [0.29, 0.717) is 23.0 Å². The number of carbonyl (C=O) groups excluding carboxylic acids is 3. The Labute approximate surface area is 213 Å². The Hall–Kier alpha value is -3.43. The van der Waals surface area contributed by atoms with Gasteiger partial charge in [0, 0.05) is 18.1 Å². The van der Waals surface area contributed by atoms with Crippen LogP contribution < -0.4 is 16.8 Å². The molecule has 0 saturated heterocycles. The van der Waals surface area contributed by atoms with E-state index in [2.05, 4.69) is 23.5 Å². The molecule has 0 spiro atoms. The molecule has 2 aromatic carbocycles. The lowest BCUT2D eigenvalue weighted by Crippen LogP contribution is -2.43. The number of hydrogen-bond donors (Lipinski definition) is 3. The molecule has 10 heteroatoms. The van der Waals surface area contributed by atoms with Gasteiger partial charge in [-0.25, -0.2) is 0 Å². The molecule has 1 atom stereocenters. The molecule has 0 fully saturated rings. The van der Waals surface area contributed by atoms with Crippen molar-refractivity contribution in [3.05, 3.63) is 81.3 Å². The van der Waals surface area contributed by atoms with Crippen LogP contribution in [-0.2, 0) is 11.3 Å². The Kier molecular flexibility index (Phi) is 8.84. The molecule has 1 heterocycles. The van der Waals surface area contributed by atoms with E-state index < -0.39 is 17.9 Å². The van der Waals surface area contributed by atoms with Gasteiger partial charge in [-0.2, -0.15) is 4.37 Å². The Morgan fingerprint density at radius 2 is 1.74 bits per heavy atom. The first kappa shape index (κ1) is 26.2. The molecule has 184 valence electrons. The van der Waals surface area contributed by atoms with Crippen molar-refractivity contribution in [2.75, 3.05) is 12.3 Å². The fourth-order valence-electron chi connectivity index (χ4n) is 3.52.